The van der Waals surface area contributed by atoms with Crippen LogP contribution in [0.15, 0.2) is 72.8 Å². The highest BCUT2D eigenvalue weighted by Crippen LogP contribution is 2.31. The number of amides is 2. The number of hydrogen-bond acceptors (Lipinski definition) is 4. The summed E-state index contributed by atoms with van der Waals surface area (Å²) in [4.78, 5) is 37.2. The standard InChI is InChI=1S/C24H18ClNO4/c25-20-14-19(17-4-2-1-3-5-17)10-11-21(20)30-24(29)18-8-6-16(7-9-18)15-26-22(27)12-13-23(26)28/h1-11,14H,12-13,15H2. The van der Waals surface area contributed by atoms with Gasteiger partial charge in [0.15, 0.2) is 0 Å². The summed E-state index contributed by atoms with van der Waals surface area (Å²) in [5.41, 5.74) is 3.06. The fraction of sp³-hybridized carbons (Fsp3) is 0.125. The van der Waals surface area contributed by atoms with E-state index in [1.54, 1.807) is 36.4 Å². The van der Waals surface area contributed by atoms with Crippen LogP contribution in [-0.4, -0.2) is 22.7 Å². The Morgan fingerprint density at radius 2 is 1.53 bits per heavy atom. The second-order valence-corrected chi connectivity index (χ2v) is 7.38. The highest BCUT2D eigenvalue weighted by atomic mass is 35.5. The number of halogens is 1. The molecule has 0 saturated carbocycles. The summed E-state index contributed by atoms with van der Waals surface area (Å²) in [6.07, 6.45) is 0.514. The molecular formula is C24H18ClNO4. The van der Waals surface area contributed by atoms with Crippen molar-refractivity contribution in [3.8, 4) is 16.9 Å². The van der Waals surface area contributed by atoms with Gasteiger partial charge in [-0.05, 0) is 41.0 Å². The minimum atomic E-state index is -0.538. The van der Waals surface area contributed by atoms with Gasteiger partial charge >= 0.3 is 5.97 Å². The average Bonchev–Trinajstić information content (AvgIpc) is 3.08. The summed E-state index contributed by atoms with van der Waals surface area (Å²) >= 11 is 6.31. The Hall–Kier alpha value is -3.44. The summed E-state index contributed by atoms with van der Waals surface area (Å²) in [6.45, 7) is 0.208. The van der Waals surface area contributed by atoms with Crippen LogP contribution < -0.4 is 4.74 Å². The van der Waals surface area contributed by atoms with Crippen LogP contribution in [0.2, 0.25) is 5.02 Å². The van der Waals surface area contributed by atoms with E-state index in [0.717, 1.165) is 16.7 Å². The molecule has 0 aliphatic carbocycles. The molecule has 3 aromatic carbocycles. The number of hydrogen-bond donors (Lipinski definition) is 0. The molecule has 0 spiro atoms. The fourth-order valence-electron chi connectivity index (χ4n) is 3.28. The second-order valence-electron chi connectivity index (χ2n) is 6.97. The lowest BCUT2D eigenvalue weighted by Gasteiger charge is -2.14. The maximum Gasteiger partial charge on any atom is 0.343 e. The first-order valence-electron chi connectivity index (χ1n) is 9.50. The van der Waals surface area contributed by atoms with Crippen molar-refractivity contribution in [2.75, 3.05) is 0 Å². The van der Waals surface area contributed by atoms with E-state index in [-0.39, 0.29) is 37.0 Å². The van der Waals surface area contributed by atoms with Gasteiger partial charge in [-0.1, -0.05) is 60.1 Å². The molecule has 150 valence electrons. The number of imide groups is 1. The lowest BCUT2D eigenvalue weighted by molar-refractivity contribution is -0.139. The zero-order valence-corrected chi connectivity index (χ0v) is 16.8. The van der Waals surface area contributed by atoms with Crippen LogP contribution in [0.25, 0.3) is 11.1 Å². The van der Waals surface area contributed by atoms with E-state index in [1.165, 1.54) is 4.90 Å². The third-order valence-electron chi connectivity index (χ3n) is 4.93. The summed E-state index contributed by atoms with van der Waals surface area (Å²) in [5.74, 6) is -0.600. The Morgan fingerprint density at radius 3 is 2.17 bits per heavy atom. The molecule has 5 nitrogen and oxygen atoms in total. The van der Waals surface area contributed by atoms with E-state index >= 15 is 0 Å². The lowest BCUT2D eigenvalue weighted by Crippen LogP contribution is -2.28. The average molecular weight is 420 g/mol. The number of ether oxygens (including phenoxy) is 1. The smallest absolute Gasteiger partial charge is 0.343 e. The van der Waals surface area contributed by atoms with Crippen molar-refractivity contribution in [1.29, 1.82) is 0 Å². The van der Waals surface area contributed by atoms with E-state index in [0.29, 0.717) is 10.6 Å². The molecule has 30 heavy (non-hydrogen) atoms. The van der Waals surface area contributed by atoms with Gasteiger partial charge in [-0.25, -0.2) is 4.79 Å². The van der Waals surface area contributed by atoms with Crippen LogP contribution in [0.5, 0.6) is 5.75 Å². The van der Waals surface area contributed by atoms with Crippen LogP contribution in [0.1, 0.15) is 28.8 Å². The van der Waals surface area contributed by atoms with Gasteiger partial charge in [-0.3, -0.25) is 14.5 Å². The first kappa shape index (κ1) is 19.9. The molecule has 0 N–H and O–H groups in total. The highest BCUT2D eigenvalue weighted by molar-refractivity contribution is 6.32. The molecule has 4 rings (SSSR count). The second kappa shape index (κ2) is 8.51. The number of benzene rings is 3. The lowest BCUT2D eigenvalue weighted by atomic mass is 10.1. The van der Waals surface area contributed by atoms with Crippen LogP contribution in [0, 0.1) is 0 Å². The Bertz CT molecular complexity index is 1090. The quantitative estimate of drug-likeness (QED) is 0.336. The predicted octanol–water partition coefficient (Wildman–Crippen LogP) is 4.88. The predicted molar refractivity (Wildman–Crippen MR) is 113 cm³/mol. The third kappa shape index (κ3) is 4.26. The Labute approximate surface area is 178 Å². The first-order chi connectivity index (χ1) is 14.5. The summed E-state index contributed by atoms with van der Waals surface area (Å²) < 4.78 is 5.44. The largest absolute Gasteiger partial charge is 0.421 e. The molecule has 2 amide bonds. The molecule has 1 fully saturated rings. The number of nitrogens with zero attached hydrogens (tertiary/aromatic N) is 1. The molecule has 1 heterocycles. The van der Waals surface area contributed by atoms with E-state index in [2.05, 4.69) is 0 Å². The summed E-state index contributed by atoms with van der Waals surface area (Å²) in [6, 6.07) is 21.7. The maximum atomic E-state index is 12.5. The van der Waals surface area contributed by atoms with Gasteiger partial charge < -0.3 is 4.74 Å². The monoisotopic (exact) mass is 419 g/mol. The van der Waals surface area contributed by atoms with Gasteiger partial charge in [0.25, 0.3) is 0 Å². The molecule has 6 heteroatoms. The molecule has 0 atom stereocenters. The zero-order chi connectivity index (χ0) is 21.1. The van der Waals surface area contributed by atoms with Crippen LogP contribution in [0.3, 0.4) is 0 Å². The third-order valence-corrected chi connectivity index (χ3v) is 5.22. The number of likely N-dealkylation sites (tertiary alicyclic amines) is 1. The van der Waals surface area contributed by atoms with E-state index in [1.807, 2.05) is 36.4 Å². The Kier molecular flexibility index (Phi) is 5.63. The minimum Gasteiger partial charge on any atom is -0.421 e. The van der Waals surface area contributed by atoms with E-state index in [4.69, 9.17) is 16.3 Å². The van der Waals surface area contributed by atoms with Crippen molar-refractivity contribution >= 4 is 29.4 Å². The zero-order valence-electron chi connectivity index (χ0n) is 16.0. The minimum absolute atomic E-state index is 0.169. The first-order valence-corrected chi connectivity index (χ1v) is 9.88. The molecule has 1 aliphatic rings. The maximum absolute atomic E-state index is 12.5. The topological polar surface area (TPSA) is 63.7 Å². The number of rotatable bonds is 5. The van der Waals surface area contributed by atoms with Crippen molar-refractivity contribution in [3.63, 3.8) is 0 Å². The van der Waals surface area contributed by atoms with E-state index < -0.39 is 5.97 Å². The molecular weight excluding hydrogens is 402 g/mol. The molecule has 0 aromatic heterocycles. The van der Waals surface area contributed by atoms with Crippen LogP contribution in [0.4, 0.5) is 0 Å². The van der Waals surface area contributed by atoms with Crippen molar-refractivity contribution < 1.29 is 19.1 Å². The normalized spacial score (nSPS) is 13.6. The van der Waals surface area contributed by atoms with Crippen molar-refractivity contribution in [1.82, 2.24) is 4.90 Å². The van der Waals surface area contributed by atoms with Crippen molar-refractivity contribution in [2.24, 2.45) is 0 Å². The Balaban J connectivity index is 1.44. The van der Waals surface area contributed by atoms with E-state index in [9.17, 15) is 14.4 Å². The van der Waals surface area contributed by atoms with Crippen LogP contribution >= 0.6 is 11.6 Å². The van der Waals surface area contributed by atoms with Crippen molar-refractivity contribution in [2.45, 2.75) is 19.4 Å². The highest BCUT2D eigenvalue weighted by Gasteiger charge is 2.28. The molecule has 0 radical (unpaired) electrons. The fourth-order valence-corrected chi connectivity index (χ4v) is 3.50. The number of esters is 1. The molecule has 1 aliphatic heterocycles. The van der Waals surface area contributed by atoms with Crippen molar-refractivity contribution in [3.05, 3.63) is 88.9 Å². The van der Waals surface area contributed by atoms with Gasteiger partial charge in [0.05, 0.1) is 17.1 Å². The van der Waals surface area contributed by atoms with Gasteiger partial charge in [-0.15, -0.1) is 0 Å². The van der Waals surface area contributed by atoms with Gasteiger partial charge in [0.2, 0.25) is 11.8 Å². The summed E-state index contributed by atoms with van der Waals surface area (Å²) in [5, 5.41) is 0.340. The SMILES string of the molecule is O=C(Oc1ccc(-c2ccccc2)cc1Cl)c1ccc(CN2C(=O)CCC2=O)cc1. The molecule has 0 bridgehead atoms. The molecule has 1 saturated heterocycles. The number of carbonyl (C=O) groups excluding carboxylic acids is 3. The summed E-state index contributed by atoms with van der Waals surface area (Å²) in [7, 11) is 0. The number of carbonyl (C=O) groups is 3. The van der Waals surface area contributed by atoms with Crippen LogP contribution in [-0.2, 0) is 16.1 Å². The van der Waals surface area contributed by atoms with Gasteiger partial charge in [0.1, 0.15) is 5.75 Å². The van der Waals surface area contributed by atoms with Gasteiger partial charge in [-0.2, -0.15) is 0 Å². The molecule has 0 unspecified atom stereocenters. The Morgan fingerprint density at radius 1 is 0.867 bits per heavy atom. The molecule has 3 aromatic rings. The van der Waals surface area contributed by atoms with Gasteiger partial charge in [0, 0.05) is 12.8 Å².